The van der Waals surface area contributed by atoms with Gasteiger partial charge in [-0.05, 0) is 50.0 Å². The van der Waals surface area contributed by atoms with E-state index in [2.05, 4.69) is 10.0 Å². The smallest absolute Gasteiger partial charge is 0.250 e. The molecule has 0 spiro atoms. The molecule has 1 aliphatic carbocycles. The van der Waals surface area contributed by atoms with Crippen LogP contribution < -0.4 is 10.0 Å². The maximum Gasteiger partial charge on any atom is 0.250 e. The molecule has 21 heavy (non-hydrogen) atoms. The van der Waals surface area contributed by atoms with Gasteiger partial charge in [0, 0.05) is 29.3 Å². The van der Waals surface area contributed by atoms with Crippen LogP contribution in [0.3, 0.4) is 0 Å². The van der Waals surface area contributed by atoms with Crippen molar-refractivity contribution in [3.05, 3.63) is 16.5 Å². The summed E-state index contributed by atoms with van der Waals surface area (Å²) in [6, 6.07) is 2.45. The van der Waals surface area contributed by atoms with Crippen molar-refractivity contribution in [2.75, 3.05) is 12.3 Å². The van der Waals surface area contributed by atoms with Gasteiger partial charge < -0.3 is 5.32 Å². The molecule has 1 saturated heterocycles. The second-order valence-electron chi connectivity index (χ2n) is 5.81. The molecule has 2 heterocycles. The molecule has 1 aliphatic heterocycles. The first-order valence-corrected chi connectivity index (χ1v) is 10.8. The second kappa shape index (κ2) is 6.58. The Balaban J connectivity index is 1.61. The zero-order chi connectivity index (χ0) is 14.9. The van der Waals surface area contributed by atoms with Gasteiger partial charge in [0.2, 0.25) is 10.0 Å². The molecule has 1 aromatic rings. The number of thioether (sulfide) groups is 1. The maximum absolute atomic E-state index is 12.4. The van der Waals surface area contributed by atoms with Crippen molar-refractivity contribution in [1.29, 1.82) is 0 Å². The van der Waals surface area contributed by atoms with E-state index in [0.717, 1.165) is 29.2 Å². The molecule has 2 fully saturated rings. The predicted octanol–water partition coefficient (Wildman–Crippen LogP) is 2.48. The summed E-state index contributed by atoms with van der Waals surface area (Å²) < 4.78 is 28.0. The monoisotopic (exact) mass is 346 g/mol. The van der Waals surface area contributed by atoms with E-state index in [0.29, 0.717) is 22.0 Å². The van der Waals surface area contributed by atoms with Crippen molar-refractivity contribution < 1.29 is 8.42 Å². The van der Waals surface area contributed by atoms with E-state index < -0.39 is 10.0 Å². The first-order chi connectivity index (χ1) is 10.0. The van der Waals surface area contributed by atoms with E-state index in [1.54, 1.807) is 6.07 Å². The quantitative estimate of drug-likeness (QED) is 0.796. The van der Waals surface area contributed by atoms with Crippen LogP contribution in [0.15, 0.2) is 10.3 Å². The minimum atomic E-state index is -3.34. The SMILES string of the molecule is Cc1cc(S(=O)(=O)NCC2CCCS2)sc1CNC1CC1. The highest BCUT2D eigenvalue weighted by Crippen LogP contribution is 2.29. The zero-order valence-electron chi connectivity index (χ0n) is 12.2. The number of sulfonamides is 1. The highest BCUT2D eigenvalue weighted by molar-refractivity contribution is 8.00. The first kappa shape index (κ1) is 15.8. The van der Waals surface area contributed by atoms with E-state index in [1.807, 2.05) is 18.7 Å². The van der Waals surface area contributed by atoms with Gasteiger partial charge >= 0.3 is 0 Å². The van der Waals surface area contributed by atoms with Crippen LogP contribution in [-0.2, 0) is 16.6 Å². The van der Waals surface area contributed by atoms with Gasteiger partial charge in [-0.25, -0.2) is 13.1 Å². The number of hydrogen-bond acceptors (Lipinski definition) is 5. The van der Waals surface area contributed by atoms with Gasteiger partial charge in [-0.2, -0.15) is 11.8 Å². The fourth-order valence-electron chi connectivity index (χ4n) is 2.40. The Morgan fingerprint density at radius 2 is 2.14 bits per heavy atom. The average Bonchev–Trinajstić information content (AvgIpc) is 2.98. The molecule has 0 aromatic carbocycles. The molecule has 7 heteroatoms. The Hall–Kier alpha value is -0.0800. The summed E-state index contributed by atoms with van der Waals surface area (Å²) in [5.74, 6) is 1.15. The molecule has 3 rings (SSSR count). The summed E-state index contributed by atoms with van der Waals surface area (Å²) in [5, 5.41) is 3.89. The number of nitrogens with one attached hydrogen (secondary N) is 2. The summed E-state index contributed by atoms with van der Waals surface area (Å²) in [7, 11) is -3.34. The number of rotatable bonds is 7. The van der Waals surface area contributed by atoms with Crippen molar-refractivity contribution in [3.8, 4) is 0 Å². The van der Waals surface area contributed by atoms with Crippen molar-refractivity contribution in [3.63, 3.8) is 0 Å². The lowest BCUT2D eigenvalue weighted by Crippen LogP contribution is -2.29. The molecule has 4 nitrogen and oxygen atoms in total. The van der Waals surface area contributed by atoms with Crippen molar-refractivity contribution in [2.24, 2.45) is 0 Å². The van der Waals surface area contributed by atoms with E-state index >= 15 is 0 Å². The first-order valence-electron chi connectivity index (χ1n) is 7.48. The topological polar surface area (TPSA) is 58.2 Å². The summed E-state index contributed by atoms with van der Waals surface area (Å²) in [4.78, 5) is 1.14. The van der Waals surface area contributed by atoms with Gasteiger partial charge in [0.05, 0.1) is 0 Å². The van der Waals surface area contributed by atoms with E-state index in [-0.39, 0.29) is 0 Å². The minimum Gasteiger partial charge on any atom is -0.309 e. The lowest BCUT2D eigenvalue weighted by atomic mass is 10.2. The third-order valence-corrected chi connectivity index (χ3v) is 8.45. The van der Waals surface area contributed by atoms with E-state index in [9.17, 15) is 8.42 Å². The van der Waals surface area contributed by atoms with Crippen LogP contribution in [0.25, 0.3) is 0 Å². The normalized spacial score (nSPS) is 22.8. The van der Waals surface area contributed by atoms with Crippen molar-refractivity contribution >= 4 is 33.1 Å². The molecule has 1 atom stereocenters. The Morgan fingerprint density at radius 1 is 1.33 bits per heavy atom. The minimum absolute atomic E-state index is 0.442. The number of aryl methyl sites for hydroxylation is 1. The Kier molecular flexibility index (Phi) is 4.95. The molecule has 0 radical (unpaired) electrons. The number of hydrogen-bond donors (Lipinski definition) is 2. The molecular formula is C14H22N2O2S3. The highest BCUT2D eigenvalue weighted by Gasteiger charge is 2.24. The van der Waals surface area contributed by atoms with Gasteiger partial charge in [0.15, 0.2) is 0 Å². The van der Waals surface area contributed by atoms with Gasteiger partial charge in [0.25, 0.3) is 0 Å². The molecule has 2 N–H and O–H groups in total. The van der Waals surface area contributed by atoms with Gasteiger partial charge in [0.1, 0.15) is 4.21 Å². The zero-order valence-corrected chi connectivity index (χ0v) is 14.7. The third kappa shape index (κ3) is 4.22. The fraction of sp³-hybridized carbons (Fsp3) is 0.714. The van der Waals surface area contributed by atoms with Crippen LogP contribution in [0.2, 0.25) is 0 Å². The van der Waals surface area contributed by atoms with Crippen LogP contribution in [-0.4, -0.2) is 32.0 Å². The lowest BCUT2D eigenvalue weighted by molar-refractivity contribution is 0.581. The molecule has 1 aromatic heterocycles. The fourth-order valence-corrected chi connectivity index (χ4v) is 6.37. The average molecular weight is 347 g/mol. The molecule has 118 valence electrons. The van der Waals surface area contributed by atoms with Crippen molar-refractivity contribution in [2.45, 2.75) is 54.7 Å². The second-order valence-corrected chi connectivity index (χ2v) is 10.4. The van der Waals surface area contributed by atoms with Crippen molar-refractivity contribution in [1.82, 2.24) is 10.0 Å². The number of thiophene rings is 1. The van der Waals surface area contributed by atoms with Gasteiger partial charge in [-0.3, -0.25) is 0 Å². The van der Waals surface area contributed by atoms with Crippen LogP contribution in [0.1, 0.15) is 36.1 Å². The summed E-state index contributed by atoms with van der Waals surface area (Å²) in [5.41, 5.74) is 1.07. The summed E-state index contributed by atoms with van der Waals surface area (Å²) in [6.07, 6.45) is 4.81. The van der Waals surface area contributed by atoms with E-state index in [1.165, 1.54) is 30.6 Å². The van der Waals surface area contributed by atoms with Gasteiger partial charge in [-0.15, -0.1) is 11.3 Å². The standard InChI is InChI=1S/C14H22N2O2S3/c1-10-7-14(20-13(10)9-15-11-4-5-11)21(17,18)16-8-12-3-2-6-19-12/h7,11-12,15-16H,2-6,8-9H2,1H3. The summed E-state index contributed by atoms with van der Waals surface area (Å²) in [6.45, 7) is 3.33. The highest BCUT2D eigenvalue weighted by atomic mass is 32.2. The Labute approximate surface area is 135 Å². The Morgan fingerprint density at radius 3 is 2.81 bits per heavy atom. The van der Waals surface area contributed by atoms with Crippen LogP contribution in [0, 0.1) is 6.92 Å². The van der Waals surface area contributed by atoms with Crippen LogP contribution in [0.5, 0.6) is 0 Å². The van der Waals surface area contributed by atoms with Crippen LogP contribution >= 0.6 is 23.1 Å². The molecular weight excluding hydrogens is 324 g/mol. The Bertz CT molecular complexity index is 587. The predicted molar refractivity (Wildman–Crippen MR) is 89.6 cm³/mol. The van der Waals surface area contributed by atoms with E-state index in [4.69, 9.17) is 0 Å². The van der Waals surface area contributed by atoms with Gasteiger partial charge in [-0.1, -0.05) is 0 Å². The molecule has 1 unspecified atom stereocenters. The molecule has 1 saturated carbocycles. The summed E-state index contributed by atoms with van der Waals surface area (Å²) >= 11 is 3.27. The third-order valence-electron chi connectivity index (χ3n) is 3.92. The lowest BCUT2D eigenvalue weighted by Gasteiger charge is -2.09. The van der Waals surface area contributed by atoms with Crippen LogP contribution in [0.4, 0.5) is 0 Å². The maximum atomic E-state index is 12.4. The molecule has 2 aliphatic rings. The molecule has 0 bridgehead atoms. The largest absolute Gasteiger partial charge is 0.309 e. The molecule has 0 amide bonds.